The fourth-order valence-corrected chi connectivity index (χ4v) is 4.19. The quantitative estimate of drug-likeness (QED) is 0.901. The lowest BCUT2D eigenvalue weighted by Crippen LogP contribution is -2.35. The lowest BCUT2D eigenvalue weighted by atomic mass is 10.4. The van der Waals surface area contributed by atoms with Crippen molar-refractivity contribution < 1.29 is 16.8 Å². The summed E-state index contributed by atoms with van der Waals surface area (Å²) in [5, 5.41) is 1.44. The highest BCUT2D eigenvalue weighted by Gasteiger charge is 2.26. The fourth-order valence-electron chi connectivity index (χ4n) is 1.53. The Morgan fingerprint density at radius 1 is 1.22 bits per heavy atom. The molecule has 1 heterocycles. The number of hydrogen-bond donors (Lipinski definition) is 1. The van der Waals surface area contributed by atoms with Crippen LogP contribution in [0.3, 0.4) is 0 Å². The maximum Gasteiger partial charge on any atom is 0.241 e. The van der Waals surface area contributed by atoms with Gasteiger partial charge in [0.2, 0.25) is 10.0 Å². The molecule has 0 aromatic heterocycles. The predicted octanol–water partition coefficient (Wildman–Crippen LogP) is 0.929. The van der Waals surface area contributed by atoms with Crippen molar-refractivity contribution >= 4 is 31.5 Å². The zero-order valence-corrected chi connectivity index (χ0v) is 11.5. The summed E-state index contributed by atoms with van der Waals surface area (Å²) in [5.41, 5.74) is 0. The van der Waals surface area contributed by atoms with Crippen molar-refractivity contribution in [2.45, 2.75) is 10.9 Å². The number of sulfonamides is 1. The number of rotatable bonds is 3. The summed E-state index contributed by atoms with van der Waals surface area (Å²) in [5.74, 6) is -0.250. The normalized spacial score (nSPS) is 22.2. The Kier molecular flexibility index (Phi) is 3.50. The van der Waals surface area contributed by atoms with Crippen molar-refractivity contribution in [3.63, 3.8) is 0 Å². The average molecular weight is 308 g/mol. The minimum absolute atomic E-state index is 0.0459. The van der Waals surface area contributed by atoms with Gasteiger partial charge in [-0.3, -0.25) is 0 Å². The molecule has 1 aromatic rings. The van der Waals surface area contributed by atoms with E-state index in [0.29, 0.717) is 5.02 Å². The van der Waals surface area contributed by atoms with Crippen LogP contribution in [0.5, 0.6) is 0 Å². The third-order valence-corrected chi connectivity index (χ3v) is 5.51. The van der Waals surface area contributed by atoms with Gasteiger partial charge in [-0.1, -0.05) is 17.7 Å². The van der Waals surface area contributed by atoms with Gasteiger partial charge in [-0.15, -0.1) is 0 Å². The summed E-state index contributed by atoms with van der Waals surface area (Å²) in [6, 6.07) is 4.90. The van der Waals surface area contributed by atoms with Gasteiger partial charge in [-0.25, -0.2) is 21.6 Å². The van der Waals surface area contributed by atoms with Crippen LogP contribution < -0.4 is 4.72 Å². The summed E-state index contributed by atoms with van der Waals surface area (Å²) in [6.45, 7) is 0. The average Bonchev–Trinajstić information content (AvgIpc) is 2.57. The van der Waals surface area contributed by atoms with Crippen molar-refractivity contribution in [1.29, 1.82) is 0 Å². The van der Waals surface area contributed by atoms with E-state index in [0.717, 1.165) is 5.41 Å². The Bertz CT molecular complexity index is 677. The lowest BCUT2D eigenvalue weighted by molar-refractivity contribution is 0.575. The van der Waals surface area contributed by atoms with Crippen LogP contribution in [0.25, 0.3) is 0 Å². The second kappa shape index (κ2) is 4.65. The first-order valence-corrected chi connectivity index (χ1v) is 8.55. The minimum Gasteiger partial charge on any atom is -0.224 e. The molecule has 0 bridgehead atoms. The number of nitrogens with one attached hydrogen (secondary N) is 1. The molecule has 2 rings (SSSR count). The van der Waals surface area contributed by atoms with Crippen molar-refractivity contribution in [1.82, 2.24) is 4.72 Å². The zero-order chi connectivity index (χ0) is 13.4. The molecule has 1 atom stereocenters. The van der Waals surface area contributed by atoms with E-state index in [1.807, 2.05) is 0 Å². The Hall–Kier alpha value is -0.890. The van der Waals surface area contributed by atoms with Gasteiger partial charge in [-0.05, 0) is 24.3 Å². The molecular formula is C10H10ClNO4S2. The van der Waals surface area contributed by atoms with Crippen LogP contribution >= 0.6 is 11.6 Å². The predicted molar refractivity (Wildman–Crippen MR) is 68.5 cm³/mol. The van der Waals surface area contributed by atoms with E-state index in [9.17, 15) is 16.8 Å². The number of hydrogen-bond acceptors (Lipinski definition) is 4. The van der Waals surface area contributed by atoms with Gasteiger partial charge in [0.25, 0.3) is 0 Å². The van der Waals surface area contributed by atoms with Gasteiger partial charge < -0.3 is 0 Å². The van der Waals surface area contributed by atoms with Crippen LogP contribution in [-0.4, -0.2) is 28.6 Å². The molecule has 8 heteroatoms. The largest absolute Gasteiger partial charge is 0.241 e. The minimum atomic E-state index is -3.73. The molecule has 0 spiro atoms. The molecule has 0 amide bonds. The molecule has 0 unspecified atom stereocenters. The molecule has 98 valence electrons. The third-order valence-electron chi connectivity index (χ3n) is 2.36. The van der Waals surface area contributed by atoms with E-state index in [4.69, 9.17) is 11.6 Å². The maximum atomic E-state index is 11.9. The van der Waals surface area contributed by atoms with Crippen LogP contribution in [0.2, 0.25) is 5.02 Å². The van der Waals surface area contributed by atoms with E-state index in [-0.39, 0.29) is 10.6 Å². The van der Waals surface area contributed by atoms with Crippen LogP contribution in [-0.2, 0) is 19.9 Å². The van der Waals surface area contributed by atoms with Gasteiger partial charge in [0, 0.05) is 10.4 Å². The number of sulfone groups is 1. The lowest BCUT2D eigenvalue weighted by Gasteiger charge is -2.10. The molecule has 1 aliphatic rings. The zero-order valence-electron chi connectivity index (χ0n) is 9.08. The molecule has 1 aliphatic heterocycles. The smallest absolute Gasteiger partial charge is 0.224 e. The first-order valence-electron chi connectivity index (χ1n) is 4.97. The van der Waals surface area contributed by atoms with Gasteiger partial charge in [-0.2, -0.15) is 0 Å². The third kappa shape index (κ3) is 3.11. The Labute approximate surface area is 110 Å². The standard InChI is InChI=1S/C10H10ClNO4S2/c11-8-1-3-10(4-2-8)18(15,16)12-9-5-6-17(13,14)7-9/h1-6,9,12H,7H2/t9-/m1/s1. The van der Waals surface area contributed by atoms with Crippen molar-refractivity contribution in [2.75, 3.05) is 5.75 Å². The first kappa shape index (κ1) is 13.5. The summed E-state index contributed by atoms with van der Waals surface area (Å²) < 4.78 is 48.5. The molecule has 0 fully saturated rings. The molecular weight excluding hydrogens is 298 g/mol. The Balaban J connectivity index is 2.19. The summed E-state index contributed by atoms with van der Waals surface area (Å²) in [7, 11) is -7.02. The monoisotopic (exact) mass is 307 g/mol. The SMILES string of the molecule is O=S1(=O)C=C[C@@H](NS(=O)(=O)c2ccc(Cl)cc2)C1. The van der Waals surface area contributed by atoms with E-state index >= 15 is 0 Å². The van der Waals surface area contributed by atoms with Crippen LogP contribution in [0.1, 0.15) is 0 Å². The van der Waals surface area contributed by atoms with Gasteiger partial charge in [0.1, 0.15) is 0 Å². The second-order valence-corrected chi connectivity index (χ2v) is 7.92. The molecule has 1 N–H and O–H groups in total. The molecule has 0 aliphatic carbocycles. The number of benzene rings is 1. The highest BCUT2D eigenvalue weighted by atomic mass is 35.5. The van der Waals surface area contributed by atoms with Crippen LogP contribution in [0.4, 0.5) is 0 Å². The fraction of sp³-hybridized carbons (Fsp3) is 0.200. The van der Waals surface area contributed by atoms with Crippen LogP contribution in [0, 0.1) is 0 Å². The van der Waals surface area contributed by atoms with E-state index in [1.165, 1.54) is 30.3 Å². The molecule has 5 nitrogen and oxygen atoms in total. The molecule has 0 saturated heterocycles. The van der Waals surface area contributed by atoms with Crippen molar-refractivity contribution in [2.24, 2.45) is 0 Å². The van der Waals surface area contributed by atoms with E-state index < -0.39 is 25.9 Å². The van der Waals surface area contributed by atoms with Gasteiger partial charge in [0.15, 0.2) is 9.84 Å². The van der Waals surface area contributed by atoms with E-state index in [2.05, 4.69) is 4.72 Å². The summed E-state index contributed by atoms with van der Waals surface area (Å²) >= 11 is 5.66. The Morgan fingerprint density at radius 3 is 2.33 bits per heavy atom. The molecule has 0 saturated carbocycles. The van der Waals surface area contributed by atoms with Crippen molar-refractivity contribution in [3.05, 3.63) is 40.8 Å². The molecule has 0 radical (unpaired) electrons. The van der Waals surface area contributed by atoms with Gasteiger partial charge >= 0.3 is 0 Å². The molecule has 1 aromatic carbocycles. The summed E-state index contributed by atoms with van der Waals surface area (Å²) in [6.07, 6.45) is 1.32. The molecule has 18 heavy (non-hydrogen) atoms. The number of halogens is 1. The van der Waals surface area contributed by atoms with Crippen LogP contribution in [0.15, 0.2) is 40.6 Å². The second-order valence-electron chi connectivity index (χ2n) is 3.84. The van der Waals surface area contributed by atoms with E-state index in [1.54, 1.807) is 0 Å². The first-order chi connectivity index (χ1) is 8.28. The highest BCUT2D eigenvalue weighted by molar-refractivity contribution is 7.94. The topological polar surface area (TPSA) is 80.3 Å². The Morgan fingerprint density at radius 2 is 1.83 bits per heavy atom. The van der Waals surface area contributed by atoms with Gasteiger partial charge in [0.05, 0.1) is 16.7 Å². The maximum absolute atomic E-state index is 11.9. The summed E-state index contributed by atoms with van der Waals surface area (Å²) in [4.78, 5) is 0.0459. The van der Waals surface area contributed by atoms with Crippen molar-refractivity contribution in [3.8, 4) is 0 Å². The highest BCUT2D eigenvalue weighted by Crippen LogP contribution is 2.16.